The van der Waals surface area contributed by atoms with Gasteiger partial charge in [0.05, 0.1) is 12.0 Å². The Morgan fingerprint density at radius 2 is 2.00 bits per heavy atom. The maximum absolute atomic E-state index is 13.3. The predicted molar refractivity (Wildman–Crippen MR) is 126 cm³/mol. The number of ether oxygens (including phenoxy) is 1. The van der Waals surface area contributed by atoms with Crippen LogP contribution < -0.4 is 19.3 Å². The molecule has 1 fully saturated rings. The zero-order valence-corrected chi connectivity index (χ0v) is 19.0. The molecule has 1 saturated heterocycles. The van der Waals surface area contributed by atoms with Crippen molar-refractivity contribution in [3.8, 4) is 5.75 Å². The molecule has 0 bridgehead atoms. The molecular formula is C22H24N4O4S2. The monoisotopic (exact) mass is 472 g/mol. The van der Waals surface area contributed by atoms with E-state index in [0.717, 1.165) is 30.0 Å². The molecule has 1 aromatic heterocycles. The number of sulfonamides is 1. The fraction of sp³-hybridized carbons (Fsp3) is 0.273. The van der Waals surface area contributed by atoms with E-state index < -0.39 is 10.0 Å². The van der Waals surface area contributed by atoms with Gasteiger partial charge in [-0.25, -0.2) is 13.4 Å². The number of rotatable bonds is 6. The minimum atomic E-state index is -3.73. The average Bonchev–Trinajstić information content (AvgIpc) is 3.53. The number of carbonyl (C=O) groups excluding carboxylic acids is 1. The van der Waals surface area contributed by atoms with Gasteiger partial charge in [0, 0.05) is 43.0 Å². The van der Waals surface area contributed by atoms with E-state index in [0.29, 0.717) is 23.8 Å². The van der Waals surface area contributed by atoms with Crippen molar-refractivity contribution in [1.29, 1.82) is 0 Å². The van der Waals surface area contributed by atoms with Gasteiger partial charge in [0.15, 0.2) is 5.13 Å². The second-order valence-corrected chi connectivity index (χ2v) is 10.2. The highest BCUT2D eigenvalue weighted by Gasteiger charge is 2.39. The first kappa shape index (κ1) is 20.8. The van der Waals surface area contributed by atoms with Crippen molar-refractivity contribution in [2.45, 2.75) is 23.8 Å². The Morgan fingerprint density at radius 1 is 1.19 bits per heavy atom. The standard InChI is InChI=1S/C22H22N4O4S2.H2/c1-30-20-4-2-3-18-17(20)9-12-26(18)19-10-13-25(21(19)27)15-5-7-16(8-6-15)32(28,29)24-22-23-11-14-31-22;/h2-8,11,14,19H,9-10,12-13H2,1H3,(H,23,24);1H/t19-;/m0./s1. The van der Waals surface area contributed by atoms with Crippen molar-refractivity contribution >= 4 is 43.8 Å². The van der Waals surface area contributed by atoms with Crippen LogP contribution in [-0.2, 0) is 21.2 Å². The Bertz CT molecular complexity index is 1250. The zero-order chi connectivity index (χ0) is 22.3. The van der Waals surface area contributed by atoms with E-state index >= 15 is 0 Å². The van der Waals surface area contributed by atoms with Crippen molar-refractivity contribution in [2.24, 2.45) is 0 Å². The zero-order valence-electron chi connectivity index (χ0n) is 17.4. The molecule has 2 aliphatic rings. The van der Waals surface area contributed by atoms with Gasteiger partial charge in [-0.1, -0.05) is 6.07 Å². The number of benzene rings is 2. The van der Waals surface area contributed by atoms with E-state index in [1.54, 1.807) is 29.5 Å². The summed E-state index contributed by atoms with van der Waals surface area (Å²) in [6, 6.07) is 12.1. The maximum Gasteiger partial charge on any atom is 0.263 e. The van der Waals surface area contributed by atoms with Crippen LogP contribution in [0.1, 0.15) is 13.4 Å². The van der Waals surface area contributed by atoms with Crippen LogP contribution in [0.15, 0.2) is 58.9 Å². The second-order valence-electron chi connectivity index (χ2n) is 7.63. The number of amides is 1. The molecule has 10 heteroatoms. The average molecular weight is 473 g/mol. The summed E-state index contributed by atoms with van der Waals surface area (Å²) in [6.07, 6.45) is 3.10. The lowest BCUT2D eigenvalue weighted by molar-refractivity contribution is -0.118. The highest BCUT2D eigenvalue weighted by Crippen LogP contribution is 2.38. The molecule has 2 aromatic carbocycles. The summed E-state index contributed by atoms with van der Waals surface area (Å²) >= 11 is 1.21. The molecule has 0 unspecified atom stereocenters. The van der Waals surface area contributed by atoms with E-state index in [-0.39, 0.29) is 18.3 Å². The molecule has 168 valence electrons. The second kappa shape index (κ2) is 8.10. The van der Waals surface area contributed by atoms with Crippen molar-refractivity contribution in [2.75, 3.05) is 34.7 Å². The summed E-state index contributed by atoms with van der Waals surface area (Å²) in [5.41, 5.74) is 2.89. The van der Waals surface area contributed by atoms with Crippen molar-refractivity contribution in [1.82, 2.24) is 4.98 Å². The molecule has 3 aromatic rings. The number of hydrogen-bond donors (Lipinski definition) is 1. The van der Waals surface area contributed by atoms with Crippen LogP contribution in [0.5, 0.6) is 5.75 Å². The molecule has 32 heavy (non-hydrogen) atoms. The number of aromatic nitrogens is 1. The maximum atomic E-state index is 13.3. The molecule has 3 heterocycles. The quantitative estimate of drug-likeness (QED) is 0.592. The van der Waals surface area contributed by atoms with Gasteiger partial charge in [0.25, 0.3) is 10.0 Å². The molecule has 8 nitrogen and oxygen atoms in total. The van der Waals surface area contributed by atoms with E-state index in [1.807, 2.05) is 18.2 Å². The van der Waals surface area contributed by atoms with Crippen molar-refractivity contribution < 1.29 is 19.4 Å². The molecule has 1 atom stereocenters. The lowest BCUT2D eigenvalue weighted by Gasteiger charge is -2.26. The highest BCUT2D eigenvalue weighted by atomic mass is 32.2. The summed E-state index contributed by atoms with van der Waals surface area (Å²) in [4.78, 5) is 21.2. The van der Waals surface area contributed by atoms with Gasteiger partial charge in [-0.15, -0.1) is 11.3 Å². The van der Waals surface area contributed by atoms with Gasteiger partial charge in [0.1, 0.15) is 11.8 Å². The van der Waals surface area contributed by atoms with Crippen LogP contribution in [0.4, 0.5) is 16.5 Å². The first-order chi connectivity index (χ1) is 15.5. The molecule has 0 aliphatic carbocycles. The third-order valence-corrected chi connectivity index (χ3v) is 8.08. The van der Waals surface area contributed by atoms with Crippen molar-refractivity contribution in [3.63, 3.8) is 0 Å². The minimum absolute atomic E-state index is 0. The Balaban J connectivity index is 0.00000259. The molecule has 1 amide bonds. The molecule has 0 radical (unpaired) electrons. The van der Waals surface area contributed by atoms with Crippen LogP contribution in [0.25, 0.3) is 0 Å². The minimum Gasteiger partial charge on any atom is -0.496 e. The van der Waals surface area contributed by atoms with Crippen LogP contribution >= 0.6 is 11.3 Å². The first-order valence-electron chi connectivity index (χ1n) is 10.2. The highest BCUT2D eigenvalue weighted by molar-refractivity contribution is 7.93. The topological polar surface area (TPSA) is 91.8 Å². The number of fused-ring (bicyclic) bond motifs is 1. The molecule has 0 spiro atoms. The number of anilines is 3. The van der Waals surface area contributed by atoms with E-state index in [2.05, 4.69) is 14.6 Å². The summed E-state index contributed by atoms with van der Waals surface area (Å²) in [5.74, 6) is 0.882. The number of nitrogens with one attached hydrogen (secondary N) is 1. The molecule has 0 saturated carbocycles. The van der Waals surface area contributed by atoms with Gasteiger partial charge >= 0.3 is 0 Å². The number of hydrogen-bond acceptors (Lipinski definition) is 7. The summed E-state index contributed by atoms with van der Waals surface area (Å²) in [5, 5.41) is 2.01. The third-order valence-electron chi connectivity index (χ3n) is 5.91. The van der Waals surface area contributed by atoms with Gasteiger partial charge in [0.2, 0.25) is 5.91 Å². The number of carbonyl (C=O) groups is 1. The number of nitrogens with zero attached hydrogens (tertiary/aromatic N) is 3. The molecule has 1 N–H and O–H groups in total. The third kappa shape index (κ3) is 3.59. The van der Waals surface area contributed by atoms with Gasteiger partial charge in [-0.3, -0.25) is 9.52 Å². The van der Waals surface area contributed by atoms with Gasteiger partial charge in [-0.05, 0) is 49.2 Å². The molecule has 5 rings (SSSR count). The van der Waals surface area contributed by atoms with Crippen LogP contribution in [0, 0.1) is 0 Å². The first-order valence-corrected chi connectivity index (χ1v) is 12.6. The fourth-order valence-electron chi connectivity index (χ4n) is 4.41. The van der Waals surface area contributed by atoms with E-state index in [4.69, 9.17) is 4.74 Å². The number of thiazole rings is 1. The van der Waals surface area contributed by atoms with Crippen LogP contribution in [0.3, 0.4) is 0 Å². The lowest BCUT2D eigenvalue weighted by Crippen LogP contribution is -2.41. The number of methoxy groups -OCH3 is 1. The Kier molecular flexibility index (Phi) is 5.26. The van der Waals surface area contributed by atoms with Crippen molar-refractivity contribution in [3.05, 3.63) is 59.6 Å². The van der Waals surface area contributed by atoms with E-state index in [1.165, 1.54) is 29.7 Å². The lowest BCUT2D eigenvalue weighted by atomic mass is 10.1. The summed E-state index contributed by atoms with van der Waals surface area (Å²) in [7, 11) is -2.06. The predicted octanol–water partition coefficient (Wildman–Crippen LogP) is 3.37. The SMILES string of the molecule is COc1cccc2c1CCN2[C@H]1CCN(c2ccc(S(=O)(=O)Nc3nccs3)cc2)C1=O.[HH]. The smallest absolute Gasteiger partial charge is 0.263 e. The Labute approximate surface area is 192 Å². The van der Waals surface area contributed by atoms with Crippen LogP contribution in [0.2, 0.25) is 0 Å². The Hall–Kier alpha value is -3.11. The normalized spacial score (nSPS) is 18.2. The van der Waals surface area contributed by atoms with Gasteiger partial charge < -0.3 is 14.5 Å². The summed E-state index contributed by atoms with van der Waals surface area (Å²) < 4.78 is 33.0. The molecular weight excluding hydrogens is 448 g/mol. The van der Waals surface area contributed by atoms with Gasteiger partial charge in [-0.2, -0.15) is 0 Å². The summed E-state index contributed by atoms with van der Waals surface area (Å²) in [6.45, 7) is 1.36. The largest absolute Gasteiger partial charge is 0.496 e. The molecule has 2 aliphatic heterocycles. The van der Waals surface area contributed by atoms with Crippen LogP contribution in [-0.4, -0.2) is 45.6 Å². The fourth-order valence-corrected chi connectivity index (χ4v) is 6.19. The van der Waals surface area contributed by atoms with E-state index in [9.17, 15) is 13.2 Å². The Morgan fingerprint density at radius 3 is 2.72 bits per heavy atom.